The van der Waals surface area contributed by atoms with Gasteiger partial charge in [-0.2, -0.15) is 5.10 Å². The van der Waals surface area contributed by atoms with Crippen LogP contribution >= 0.6 is 0 Å². The molecule has 0 spiro atoms. The lowest BCUT2D eigenvalue weighted by Gasteiger charge is -2.06. The highest BCUT2D eigenvalue weighted by Gasteiger charge is 2.11. The summed E-state index contributed by atoms with van der Waals surface area (Å²) in [4.78, 5) is 12.1. The van der Waals surface area contributed by atoms with Crippen LogP contribution in [0.25, 0.3) is 0 Å². The van der Waals surface area contributed by atoms with Gasteiger partial charge < -0.3 is 5.32 Å². The number of aryl methyl sites for hydroxylation is 3. The molecule has 2 rings (SSSR count). The van der Waals surface area contributed by atoms with Gasteiger partial charge in [0.15, 0.2) is 0 Å². The molecule has 0 unspecified atom stereocenters. The Hall–Kier alpha value is -2.10. The molecule has 0 aliphatic carbocycles. The minimum atomic E-state index is -0.0460. The Bertz CT molecular complexity index is 611. The van der Waals surface area contributed by atoms with E-state index >= 15 is 0 Å². The zero-order valence-electron chi connectivity index (χ0n) is 12.5. The molecule has 0 saturated carbocycles. The fourth-order valence-corrected chi connectivity index (χ4v) is 2.24. The van der Waals surface area contributed by atoms with E-state index in [-0.39, 0.29) is 5.91 Å². The van der Waals surface area contributed by atoms with E-state index in [0.717, 1.165) is 23.4 Å². The lowest BCUT2D eigenvalue weighted by Crippen LogP contribution is -2.23. The predicted molar refractivity (Wildman–Crippen MR) is 79.7 cm³/mol. The molecule has 0 fully saturated rings. The number of carbonyl (C=O) groups is 1. The molecule has 1 amide bonds. The monoisotopic (exact) mass is 271 g/mol. The number of hydrogen-bond acceptors (Lipinski definition) is 2. The Morgan fingerprint density at radius 1 is 1.25 bits per heavy atom. The van der Waals surface area contributed by atoms with Gasteiger partial charge in [-0.25, -0.2) is 0 Å². The normalized spacial score (nSPS) is 10.6. The molecule has 0 saturated heterocycles. The van der Waals surface area contributed by atoms with Gasteiger partial charge in [0, 0.05) is 30.4 Å². The van der Waals surface area contributed by atoms with E-state index in [1.54, 1.807) is 0 Å². The summed E-state index contributed by atoms with van der Waals surface area (Å²) in [7, 11) is 1.91. The molecule has 0 bridgehead atoms. The van der Waals surface area contributed by atoms with Crippen molar-refractivity contribution < 1.29 is 4.79 Å². The third-order valence-corrected chi connectivity index (χ3v) is 3.71. The van der Waals surface area contributed by atoms with Crippen LogP contribution in [0.3, 0.4) is 0 Å². The third-order valence-electron chi connectivity index (χ3n) is 3.71. The minimum Gasteiger partial charge on any atom is -0.348 e. The van der Waals surface area contributed by atoms with Crippen molar-refractivity contribution in [1.29, 1.82) is 0 Å². The molecule has 1 N–H and O–H groups in total. The first-order valence-corrected chi connectivity index (χ1v) is 6.89. The van der Waals surface area contributed by atoms with Gasteiger partial charge in [0.2, 0.25) is 0 Å². The number of carbonyl (C=O) groups excluding carboxylic acids is 1. The van der Waals surface area contributed by atoms with E-state index in [2.05, 4.69) is 17.3 Å². The average molecular weight is 271 g/mol. The molecule has 0 aliphatic heterocycles. The molecule has 2 aromatic rings. The number of nitrogens with one attached hydrogen (secondary N) is 1. The summed E-state index contributed by atoms with van der Waals surface area (Å²) in [6.07, 6.45) is 0.982. The maximum absolute atomic E-state index is 12.1. The van der Waals surface area contributed by atoms with Gasteiger partial charge in [0.1, 0.15) is 0 Å². The van der Waals surface area contributed by atoms with Crippen molar-refractivity contribution in [3.63, 3.8) is 0 Å². The highest BCUT2D eigenvalue weighted by molar-refractivity contribution is 5.94. The minimum absolute atomic E-state index is 0.0460. The lowest BCUT2D eigenvalue weighted by atomic mass is 10.1. The second-order valence-electron chi connectivity index (χ2n) is 5.01. The van der Waals surface area contributed by atoms with Crippen LogP contribution in [0.5, 0.6) is 0 Å². The van der Waals surface area contributed by atoms with Crippen LogP contribution in [0.2, 0.25) is 0 Å². The van der Waals surface area contributed by atoms with Crippen molar-refractivity contribution in [3.8, 4) is 0 Å². The first kappa shape index (κ1) is 14.3. The molecule has 1 heterocycles. The highest BCUT2D eigenvalue weighted by Crippen LogP contribution is 2.12. The second kappa shape index (κ2) is 5.90. The van der Waals surface area contributed by atoms with Crippen molar-refractivity contribution in [2.75, 3.05) is 0 Å². The largest absolute Gasteiger partial charge is 0.348 e. The number of amides is 1. The molecule has 0 atom stereocenters. The Morgan fingerprint density at radius 2 is 1.90 bits per heavy atom. The molecule has 0 radical (unpaired) electrons. The zero-order chi connectivity index (χ0) is 14.7. The standard InChI is InChI=1S/C16H21N3O/c1-5-13-6-8-14(9-7-13)16(20)17-10-15-11(2)18-19(4)12(15)3/h6-9H,5,10H2,1-4H3,(H,17,20). The Morgan fingerprint density at radius 3 is 2.40 bits per heavy atom. The number of hydrogen-bond donors (Lipinski definition) is 1. The lowest BCUT2D eigenvalue weighted by molar-refractivity contribution is 0.0951. The van der Waals surface area contributed by atoms with Crippen molar-refractivity contribution >= 4 is 5.91 Å². The van der Waals surface area contributed by atoms with Crippen LogP contribution in [0, 0.1) is 13.8 Å². The Kier molecular flexibility index (Phi) is 4.23. The van der Waals surface area contributed by atoms with Gasteiger partial charge in [-0.3, -0.25) is 9.48 Å². The third kappa shape index (κ3) is 2.90. The van der Waals surface area contributed by atoms with Crippen LogP contribution in [-0.2, 0) is 20.0 Å². The second-order valence-corrected chi connectivity index (χ2v) is 5.01. The van der Waals surface area contributed by atoms with Crippen LogP contribution in [-0.4, -0.2) is 15.7 Å². The van der Waals surface area contributed by atoms with E-state index in [9.17, 15) is 4.79 Å². The van der Waals surface area contributed by atoms with Crippen molar-refractivity contribution in [3.05, 3.63) is 52.3 Å². The smallest absolute Gasteiger partial charge is 0.251 e. The molecule has 0 aliphatic rings. The Balaban J connectivity index is 2.04. The summed E-state index contributed by atoms with van der Waals surface area (Å²) in [5.74, 6) is -0.0460. The molecule has 1 aromatic carbocycles. The van der Waals surface area contributed by atoms with Gasteiger partial charge >= 0.3 is 0 Å². The van der Waals surface area contributed by atoms with E-state index in [1.165, 1.54) is 5.56 Å². The van der Waals surface area contributed by atoms with Gasteiger partial charge in [0.25, 0.3) is 5.91 Å². The van der Waals surface area contributed by atoms with Gasteiger partial charge in [-0.15, -0.1) is 0 Å². The van der Waals surface area contributed by atoms with Crippen molar-refractivity contribution in [1.82, 2.24) is 15.1 Å². The maximum atomic E-state index is 12.1. The maximum Gasteiger partial charge on any atom is 0.251 e. The van der Waals surface area contributed by atoms with E-state index in [1.807, 2.05) is 49.8 Å². The molecular formula is C16H21N3O. The molecular weight excluding hydrogens is 250 g/mol. The first-order valence-electron chi connectivity index (χ1n) is 6.89. The van der Waals surface area contributed by atoms with Crippen molar-refractivity contribution in [2.45, 2.75) is 33.7 Å². The van der Waals surface area contributed by atoms with Crippen LogP contribution in [0.4, 0.5) is 0 Å². The number of nitrogens with zero attached hydrogens (tertiary/aromatic N) is 2. The number of aromatic nitrogens is 2. The first-order chi connectivity index (χ1) is 9.52. The summed E-state index contributed by atoms with van der Waals surface area (Å²) >= 11 is 0. The Labute approximate surface area is 119 Å². The van der Waals surface area contributed by atoms with Gasteiger partial charge in [-0.1, -0.05) is 19.1 Å². The van der Waals surface area contributed by atoms with Crippen LogP contribution in [0.15, 0.2) is 24.3 Å². The summed E-state index contributed by atoms with van der Waals surface area (Å²) in [6, 6.07) is 7.74. The van der Waals surface area contributed by atoms with Crippen LogP contribution in [0.1, 0.15) is 39.8 Å². The molecule has 1 aromatic heterocycles. The van der Waals surface area contributed by atoms with Gasteiger partial charge in [-0.05, 0) is 38.0 Å². The van der Waals surface area contributed by atoms with Crippen LogP contribution < -0.4 is 5.32 Å². The van der Waals surface area contributed by atoms with Crippen molar-refractivity contribution in [2.24, 2.45) is 7.05 Å². The molecule has 4 heteroatoms. The predicted octanol–water partition coefficient (Wildman–Crippen LogP) is 2.53. The fraction of sp³-hybridized carbons (Fsp3) is 0.375. The zero-order valence-corrected chi connectivity index (χ0v) is 12.5. The summed E-state index contributed by atoms with van der Waals surface area (Å²) in [6.45, 7) is 6.59. The van der Waals surface area contributed by atoms with E-state index in [0.29, 0.717) is 12.1 Å². The number of benzene rings is 1. The highest BCUT2D eigenvalue weighted by atomic mass is 16.1. The quantitative estimate of drug-likeness (QED) is 0.929. The van der Waals surface area contributed by atoms with E-state index in [4.69, 9.17) is 0 Å². The molecule has 4 nitrogen and oxygen atoms in total. The van der Waals surface area contributed by atoms with E-state index < -0.39 is 0 Å². The topological polar surface area (TPSA) is 46.9 Å². The molecule has 20 heavy (non-hydrogen) atoms. The SMILES string of the molecule is CCc1ccc(C(=O)NCc2c(C)nn(C)c2C)cc1. The summed E-state index contributed by atoms with van der Waals surface area (Å²) in [5, 5.41) is 7.30. The van der Waals surface area contributed by atoms with Gasteiger partial charge in [0.05, 0.1) is 5.69 Å². The fourth-order valence-electron chi connectivity index (χ4n) is 2.24. The average Bonchev–Trinajstić information content (AvgIpc) is 2.70. The molecule has 106 valence electrons. The number of rotatable bonds is 4. The summed E-state index contributed by atoms with van der Waals surface area (Å²) in [5.41, 5.74) is 5.07. The summed E-state index contributed by atoms with van der Waals surface area (Å²) < 4.78 is 1.84.